The highest BCUT2D eigenvalue weighted by Crippen LogP contribution is 2.31. The fourth-order valence-electron chi connectivity index (χ4n) is 3.50. The highest BCUT2D eigenvalue weighted by Gasteiger charge is 2.28. The van der Waals surface area contributed by atoms with E-state index in [-0.39, 0.29) is 5.92 Å². The van der Waals surface area contributed by atoms with E-state index in [4.69, 9.17) is 9.72 Å². The Balaban J connectivity index is 1.69. The highest BCUT2D eigenvalue weighted by atomic mass is 16.5. The predicted molar refractivity (Wildman–Crippen MR) is 101 cm³/mol. The van der Waals surface area contributed by atoms with Crippen molar-refractivity contribution in [3.8, 4) is 17.1 Å². The summed E-state index contributed by atoms with van der Waals surface area (Å²) in [4.78, 5) is 21.4. The quantitative estimate of drug-likeness (QED) is 0.753. The molecule has 6 heteroatoms. The van der Waals surface area contributed by atoms with Gasteiger partial charge in [-0.25, -0.2) is 4.98 Å². The molecule has 0 radical (unpaired) electrons. The highest BCUT2D eigenvalue weighted by molar-refractivity contribution is 5.82. The van der Waals surface area contributed by atoms with Crippen molar-refractivity contribution in [1.82, 2.24) is 9.97 Å². The number of fused-ring (bicyclic) bond motifs is 1. The van der Waals surface area contributed by atoms with Crippen molar-refractivity contribution in [1.29, 1.82) is 0 Å². The lowest BCUT2D eigenvalue weighted by molar-refractivity contribution is -0.140. The molecule has 0 bridgehead atoms. The van der Waals surface area contributed by atoms with E-state index in [0.717, 1.165) is 46.0 Å². The van der Waals surface area contributed by atoms with Crippen LogP contribution in [0.2, 0.25) is 0 Å². The van der Waals surface area contributed by atoms with E-state index in [1.54, 1.807) is 7.11 Å². The molecule has 1 aliphatic rings. The standard InChI is InChI=1S/C20H21N3O3/c1-12-3-4-14(23-8-7-13(11-23)20(24)25)9-16(12)19-21-17-6-5-15(26-2)10-18(17)22-19/h3-6,9-10,13H,7-8,11H2,1-2H3,(H,21,22)(H,24,25). The molecule has 2 heterocycles. The van der Waals surface area contributed by atoms with Crippen molar-refractivity contribution >= 4 is 22.7 Å². The Morgan fingerprint density at radius 3 is 2.88 bits per heavy atom. The molecule has 4 rings (SSSR count). The Hall–Kier alpha value is -3.02. The summed E-state index contributed by atoms with van der Waals surface area (Å²) in [6.45, 7) is 3.36. The number of carboxylic acids is 1. The molecular formula is C20H21N3O3. The summed E-state index contributed by atoms with van der Waals surface area (Å²) in [7, 11) is 1.65. The maximum atomic E-state index is 11.2. The van der Waals surface area contributed by atoms with Crippen LogP contribution in [0, 0.1) is 12.8 Å². The lowest BCUT2D eigenvalue weighted by Crippen LogP contribution is -2.22. The number of aliphatic carboxylic acids is 1. The number of aryl methyl sites for hydroxylation is 1. The van der Waals surface area contributed by atoms with Crippen LogP contribution in [0.25, 0.3) is 22.4 Å². The van der Waals surface area contributed by atoms with Gasteiger partial charge in [-0.3, -0.25) is 4.79 Å². The third kappa shape index (κ3) is 2.87. The van der Waals surface area contributed by atoms with Gasteiger partial charge in [0, 0.05) is 30.4 Å². The number of hydrogen-bond acceptors (Lipinski definition) is 4. The van der Waals surface area contributed by atoms with E-state index >= 15 is 0 Å². The normalized spacial score (nSPS) is 17.0. The van der Waals surface area contributed by atoms with Crippen molar-refractivity contribution in [2.75, 3.05) is 25.1 Å². The first-order chi connectivity index (χ1) is 12.5. The summed E-state index contributed by atoms with van der Waals surface area (Å²) >= 11 is 0. The van der Waals surface area contributed by atoms with Gasteiger partial charge in [0.2, 0.25) is 0 Å². The molecule has 0 aliphatic carbocycles. The van der Waals surface area contributed by atoms with Gasteiger partial charge in [0.25, 0.3) is 0 Å². The fourth-order valence-corrected chi connectivity index (χ4v) is 3.50. The molecule has 0 spiro atoms. The number of carbonyl (C=O) groups is 1. The van der Waals surface area contributed by atoms with Gasteiger partial charge in [-0.1, -0.05) is 6.07 Å². The second-order valence-corrected chi connectivity index (χ2v) is 6.74. The van der Waals surface area contributed by atoms with Gasteiger partial charge in [-0.15, -0.1) is 0 Å². The number of carboxylic acid groups (broad SMARTS) is 1. The summed E-state index contributed by atoms with van der Waals surface area (Å²) in [5.41, 5.74) is 4.99. The minimum absolute atomic E-state index is 0.293. The van der Waals surface area contributed by atoms with E-state index in [1.807, 2.05) is 18.2 Å². The van der Waals surface area contributed by atoms with Crippen LogP contribution in [0.15, 0.2) is 36.4 Å². The van der Waals surface area contributed by atoms with Gasteiger partial charge in [-0.2, -0.15) is 0 Å². The van der Waals surface area contributed by atoms with Crippen LogP contribution >= 0.6 is 0 Å². The van der Waals surface area contributed by atoms with Crippen molar-refractivity contribution in [3.05, 3.63) is 42.0 Å². The molecule has 0 saturated carbocycles. The van der Waals surface area contributed by atoms with Crippen molar-refractivity contribution < 1.29 is 14.6 Å². The Morgan fingerprint density at radius 1 is 1.31 bits per heavy atom. The Labute approximate surface area is 151 Å². The molecule has 134 valence electrons. The van der Waals surface area contributed by atoms with Crippen LogP contribution in [0.3, 0.4) is 0 Å². The number of methoxy groups -OCH3 is 1. The van der Waals surface area contributed by atoms with E-state index in [9.17, 15) is 9.90 Å². The SMILES string of the molecule is COc1ccc2nc(-c3cc(N4CCC(C(=O)O)C4)ccc3C)[nH]c2c1. The predicted octanol–water partition coefficient (Wildman–Crippen LogP) is 3.46. The molecule has 0 amide bonds. The van der Waals surface area contributed by atoms with Crippen LogP contribution in [-0.2, 0) is 4.79 Å². The molecule has 2 N–H and O–H groups in total. The minimum atomic E-state index is -0.717. The fraction of sp³-hybridized carbons (Fsp3) is 0.300. The average molecular weight is 351 g/mol. The molecule has 3 aromatic rings. The number of H-pyrrole nitrogens is 1. The third-order valence-electron chi connectivity index (χ3n) is 5.07. The van der Waals surface area contributed by atoms with E-state index in [1.165, 1.54) is 0 Å². The summed E-state index contributed by atoms with van der Waals surface area (Å²) in [6.07, 6.45) is 0.684. The molecule has 1 unspecified atom stereocenters. The van der Waals surface area contributed by atoms with Gasteiger partial charge in [0.1, 0.15) is 11.6 Å². The summed E-state index contributed by atoms with van der Waals surface area (Å²) < 4.78 is 5.27. The monoisotopic (exact) mass is 351 g/mol. The lowest BCUT2D eigenvalue weighted by atomic mass is 10.1. The zero-order chi connectivity index (χ0) is 18.3. The number of ether oxygens (including phenoxy) is 1. The van der Waals surface area contributed by atoms with Crippen molar-refractivity contribution in [2.45, 2.75) is 13.3 Å². The van der Waals surface area contributed by atoms with Crippen molar-refractivity contribution in [3.63, 3.8) is 0 Å². The van der Waals surface area contributed by atoms with Gasteiger partial charge in [0.05, 0.1) is 24.1 Å². The molecular weight excluding hydrogens is 330 g/mol. The molecule has 1 aliphatic heterocycles. The molecule has 26 heavy (non-hydrogen) atoms. The number of rotatable bonds is 4. The average Bonchev–Trinajstić information content (AvgIpc) is 3.28. The number of aromatic amines is 1. The zero-order valence-corrected chi connectivity index (χ0v) is 14.8. The summed E-state index contributed by atoms with van der Waals surface area (Å²) in [5.74, 6) is 0.584. The molecule has 1 saturated heterocycles. The number of benzene rings is 2. The maximum absolute atomic E-state index is 11.2. The zero-order valence-electron chi connectivity index (χ0n) is 14.8. The number of imidazole rings is 1. The first-order valence-electron chi connectivity index (χ1n) is 8.67. The van der Waals surface area contributed by atoms with Crippen LogP contribution in [0.5, 0.6) is 5.75 Å². The summed E-state index contributed by atoms with van der Waals surface area (Å²) in [5, 5.41) is 9.23. The Morgan fingerprint density at radius 2 is 2.15 bits per heavy atom. The second kappa shape index (κ2) is 6.37. The first kappa shape index (κ1) is 16.4. The number of nitrogens with one attached hydrogen (secondary N) is 1. The second-order valence-electron chi connectivity index (χ2n) is 6.74. The van der Waals surface area contributed by atoms with Crippen LogP contribution in [-0.4, -0.2) is 41.2 Å². The summed E-state index contributed by atoms with van der Waals surface area (Å²) in [6, 6.07) is 12.0. The number of aromatic nitrogens is 2. The number of hydrogen-bond donors (Lipinski definition) is 2. The van der Waals surface area contributed by atoms with Gasteiger partial charge in [-0.05, 0) is 43.2 Å². The van der Waals surface area contributed by atoms with Gasteiger partial charge in [0.15, 0.2) is 0 Å². The molecule has 1 aromatic heterocycles. The molecule has 1 atom stereocenters. The lowest BCUT2D eigenvalue weighted by Gasteiger charge is -2.19. The molecule has 1 fully saturated rings. The van der Waals surface area contributed by atoms with Crippen molar-refractivity contribution in [2.24, 2.45) is 5.92 Å². The van der Waals surface area contributed by atoms with E-state index in [0.29, 0.717) is 13.0 Å². The van der Waals surface area contributed by atoms with Gasteiger partial charge >= 0.3 is 5.97 Å². The molecule has 6 nitrogen and oxygen atoms in total. The Kier molecular flexibility index (Phi) is 4.03. The molecule has 2 aromatic carbocycles. The third-order valence-corrected chi connectivity index (χ3v) is 5.07. The van der Waals surface area contributed by atoms with Crippen LogP contribution in [0.4, 0.5) is 5.69 Å². The minimum Gasteiger partial charge on any atom is -0.497 e. The largest absolute Gasteiger partial charge is 0.497 e. The smallest absolute Gasteiger partial charge is 0.308 e. The van der Waals surface area contributed by atoms with E-state index in [2.05, 4.69) is 35.0 Å². The number of anilines is 1. The topological polar surface area (TPSA) is 78.4 Å². The van der Waals surface area contributed by atoms with Crippen LogP contribution in [0.1, 0.15) is 12.0 Å². The van der Waals surface area contributed by atoms with Crippen LogP contribution < -0.4 is 9.64 Å². The van der Waals surface area contributed by atoms with E-state index < -0.39 is 5.97 Å². The first-order valence-corrected chi connectivity index (χ1v) is 8.67. The maximum Gasteiger partial charge on any atom is 0.308 e. The Bertz CT molecular complexity index is 980. The number of nitrogens with zero attached hydrogens (tertiary/aromatic N) is 2. The van der Waals surface area contributed by atoms with Gasteiger partial charge < -0.3 is 19.7 Å².